The molecule has 1 heterocycles. The fourth-order valence-corrected chi connectivity index (χ4v) is 4.10. The zero-order valence-electron chi connectivity index (χ0n) is 15.5. The predicted molar refractivity (Wildman–Crippen MR) is 109 cm³/mol. The Labute approximate surface area is 171 Å². The van der Waals surface area contributed by atoms with Crippen molar-refractivity contribution >= 4 is 43.5 Å². The summed E-state index contributed by atoms with van der Waals surface area (Å²) in [6, 6.07) is 11.7. The number of hydrogen-bond acceptors (Lipinski definition) is 7. The number of esters is 1. The van der Waals surface area contributed by atoms with Gasteiger partial charge in [-0.1, -0.05) is 18.2 Å². The van der Waals surface area contributed by atoms with E-state index in [4.69, 9.17) is 9.88 Å². The highest BCUT2D eigenvalue weighted by Gasteiger charge is 2.17. The Bertz CT molecular complexity index is 1140. The Morgan fingerprint density at radius 1 is 1.21 bits per heavy atom. The Morgan fingerprint density at radius 2 is 1.97 bits per heavy atom. The molecule has 0 spiro atoms. The zero-order chi connectivity index (χ0) is 21.0. The predicted octanol–water partition coefficient (Wildman–Crippen LogP) is 1.77. The molecule has 10 heteroatoms. The van der Waals surface area contributed by atoms with Gasteiger partial charge < -0.3 is 10.1 Å². The minimum Gasteiger partial charge on any atom is -0.452 e. The van der Waals surface area contributed by atoms with Crippen molar-refractivity contribution in [2.24, 2.45) is 5.14 Å². The summed E-state index contributed by atoms with van der Waals surface area (Å²) in [5, 5.41) is 8.65. The molecule has 0 fully saturated rings. The lowest BCUT2D eigenvalue weighted by Crippen LogP contribution is -2.30. The summed E-state index contributed by atoms with van der Waals surface area (Å²) in [5.41, 5.74) is 1.47. The number of nitrogens with zero attached hydrogens (tertiary/aromatic N) is 1. The third kappa shape index (κ3) is 5.37. The summed E-state index contributed by atoms with van der Waals surface area (Å²) >= 11 is 1.56. The van der Waals surface area contributed by atoms with Crippen LogP contribution in [0.2, 0.25) is 0 Å². The molecule has 0 aliphatic rings. The first-order valence-electron chi connectivity index (χ1n) is 8.66. The minimum absolute atomic E-state index is 0.0406. The van der Waals surface area contributed by atoms with Crippen molar-refractivity contribution in [1.82, 2.24) is 10.3 Å². The third-order valence-corrected chi connectivity index (χ3v) is 6.10. The Balaban J connectivity index is 1.50. The molecule has 8 nitrogen and oxygen atoms in total. The molecule has 0 aliphatic carbocycles. The zero-order valence-corrected chi connectivity index (χ0v) is 17.2. The van der Waals surface area contributed by atoms with Crippen molar-refractivity contribution in [2.45, 2.75) is 18.2 Å². The second-order valence-electron chi connectivity index (χ2n) is 6.27. The van der Waals surface area contributed by atoms with Crippen molar-refractivity contribution in [2.75, 3.05) is 13.2 Å². The second kappa shape index (κ2) is 8.68. The van der Waals surface area contributed by atoms with Crippen molar-refractivity contribution in [3.8, 4) is 0 Å². The molecule has 0 saturated carbocycles. The van der Waals surface area contributed by atoms with E-state index < -0.39 is 28.5 Å². The SMILES string of the molecule is Cc1ccc(S(N)(=O)=O)cc1C(=O)OCC(=O)NCCc1nc2ccccc2s1. The molecule has 1 aromatic heterocycles. The van der Waals surface area contributed by atoms with Gasteiger partial charge in [0.1, 0.15) is 0 Å². The van der Waals surface area contributed by atoms with Crippen LogP contribution in [-0.2, 0) is 26.0 Å². The molecule has 3 aromatic rings. The number of primary sulfonamides is 1. The van der Waals surface area contributed by atoms with E-state index in [2.05, 4.69) is 10.3 Å². The van der Waals surface area contributed by atoms with E-state index >= 15 is 0 Å². The summed E-state index contributed by atoms with van der Waals surface area (Å²) in [6.45, 7) is 1.51. The molecule has 0 bridgehead atoms. The number of benzene rings is 2. The molecule has 3 N–H and O–H groups in total. The number of nitrogens with one attached hydrogen (secondary N) is 1. The average Bonchev–Trinajstić information content (AvgIpc) is 3.08. The Hall–Kier alpha value is -2.82. The summed E-state index contributed by atoms with van der Waals surface area (Å²) < 4.78 is 28.9. The van der Waals surface area contributed by atoms with Gasteiger partial charge in [0.05, 0.1) is 25.7 Å². The summed E-state index contributed by atoms with van der Waals surface area (Å²) in [6.07, 6.45) is 0.564. The number of aromatic nitrogens is 1. The molecule has 29 heavy (non-hydrogen) atoms. The lowest BCUT2D eigenvalue weighted by atomic mass is 10.1. The Morgan fingerprint density at radius 3 is 2.69 bits per heavy atom. The summed E-state index contributed by atoms with van der Waals surface area (Å²) in [5.74, 6) is -1.26. The molecule has 0 atom stereocenters. The second-order valence-corrected chi connectivity index (χ2v) is 8.95. The van der Waals surface area contributed by atoms with E-state index in [1.165, 1.54) is 12.1 Å². The van der Waals surface area contributed by atoms with E-state index in [1.807, 2.05) is 24.3 Å². The van der Waals surface area contributed by atoms with Crippen LogP contribution in [0.3, 0.4) is 0 Å². The summed E-state index contributed by atoms with van der Waals surface area (Å²) in [7, 11) is -3.95. The molecule has 3 rings (SSSR count). The fraction of sp³-hybridized carbons (Fsp3) is 0.211. The monoisotopic (exact) mass is 433 g/mol. The van der Waals surface area contributed by atoms with Crippen molar-refractivity contribution in [3.05, 3.63) is 58.6 Å². The molecular weight excluding hydrogens is 414 g/mol. The van der Waals surface area contributed by atoms with Crippen molar-refractivity contribution < 1.29 is 22.7 Å². The van der Waals surface area contributed by atoms with Crippen LogP contribution in [0.25, 0.3) is 10.2 Å². The molecular formula is C19H19N3O5S2. The first-order valence-corrected chi connectivity index (χ1v) is 11.0. The van der Waals surface area contributed by atoms with Gasteiger partial charge in [-0.2, -0.15) is 0 Å². The van der Waals surface area contributed by atoms with Gasteiger partial charge in [-0.25, -0.2) is 23.3 Å². The highest BCUT2D eigenvalue weighted by Crippen LogP contribution is 2.21. The number of thiazole rings is 1. The van der Waals surface area contributed by atoms with Gasteiger partial charge in [-0.05, 0) is 36.8 Å². The quantitative estimate of drug-likeness (QED) is 0.547. The van der Waals surface area contributed by atoms with Crippen molar-refractivity contribution in [3.63, 3.8) is 0 Å². The van der Waals surface area contributed by atoms with E-state index in [-0.39, 0.29) is 10.5 Å². The van der Waals surface area contributed by atoms with Crippen LogP contribution < -0.4 is 10.5 Å². The standard InChI is InChI=1S/C19H19N3O5S2/c1-12-6-7-13(29(20,25)26)10-14(12)19(24)27-11-17(23)21-9-8-18-22-15-4-2-3-5-16(15)28-18/h2-7,10H,8-9,11H2,1H3,(H,21,23)(H2,20,25,26). The van der Waals surface area contributed by atoms with Crippen LogP contribution >= 0.6 is 11.3 Å². The van der Waals surface area contributed by atoms with Gasteiger partial charge in [-0.15, -0.1) is 11.3 Å². The van der Waals surface area contributed by atoms with Gasteiger partial charge >= 0.3 is 5.97 Å². The van der Waals surface area contributed by atoms with E-state index in [9.17, 15) is 18.0 Å². The molecule has 152 valence electrons. The van der Waals surface area contributed by atoms with Crippen LogP contribution in [0, 0.1) is 6.92 Å². The molecule has 1 amide bonds. The van der Waals surface area contributed by atoms with E-state index in [1.54, 1.807) is 18.3 Å². The van der Waals surface area contributed by atoms with E-state index in [0.29, 0.717) is 18.5 Å². The number of aryl methyl sites for hydroxylation is 1. The maximum absolute atomic E-state index is 12.2. The molecule has 0 aliphatic heterocycles. The average molecular weight is 434 g/mol. The van der Waals surface area contributed by atoms with Crippen LogP contribution in [0.4, 0.5) is 0 Å². The topological polar surface area (TPSA) is 128 Å². The van der Waals surface area contributed by atoms with Gasteiger partial charge in [-0.3, -0.25) is 4.79 Å². The van der Waals surface area contributed by atoms with Gasteiger partial charge in [0.15, 0.2) is 6.61 Å². The lowest BCUT2D eigenvalue weighted by molar-refractivity contribution is -0.124. The highest BCUT2D eigenvalue weighted by atomic mass is 32.2. The molecule has 0 unspecified atom stereocenters. The largest absolute Gasteiger partial charge is 0.452 e. The number of hydrogen-bond donors (Lipinski definition) is 2. The highest BCUT2D eigenvalue weighted by molar-refractivity contribution is 7.89. The first-order chi connectivity index (χ1) is 13.7. The van der Waals surface area contributed by atoms with Crippen LogP contribution in [0.15, 0.2) is 47.4 Å². The normalized spacial score (nSPS) is 11.4. The maximum atomic E-state index is 12.2. The fourth-order valence-electron chi connectivity index (χ4n) is 2.59. The summed E-state index contributed by atoms with van der Waals surface area (Å²) in [4.78, 5) is 28.4. The molecule has 0 radical (unpaired) electrons. The lowest BCUT2D eigenvalue weighted by Gasteiger charge is -2.09. The van der Waals surface area contributed by atoms with Gasteiger partial charge in [0.25, 0.3) is 5.91 Å². The number of para-hydroxylation sites is 1. The number of carbonyl (C=O) groups excluding carboxylic acids is 2. The smallest absolute Gasteiger partial charge is 0.338 e. The number of amides is 1. The van der Waals surface area contributed by atoms with E-state index in [0.717, 1.165) is 21.3 Å². The number of ether oxygens (including phenoxy) is 1. The number of carbonyl (C=O) groups is 2. The third-order valence-electron chi connectivity index (χ3n) is 4.09. The van der Waals surface area contributed by atoms with Crippen LogP contribution in [0.1, 0.15) is 20.9 Å². The number of rotatable bonds is 7. The van der Waals surface area contributed by atoms with Crippen LogP contribution in [0.5, 0.6) is 0 Å². The first kappa shape index (κ1) is 20.9. The Kier molecular flexibility index (Phi) is 6.26. The number of sulfonamides is 1. The maximum Gasteiger partial charge on any atom is 0.338 e. The number of nitrogens with two attached hydrogens (primary N) is 1. The van der Waals surface area contributed by atoms with Crippen LogP contribution in [-0.4, -0.2) is 38.4 Å². The van der Waals surface area contributed by atoms with Gasteiger partial charge in [0, 0.05) is 13.0 Å². The van der Waals surface area contributed by atoms with Gasteiger partial charge in [0.2, 0.25) is 10.0 Å². The van der Waals surface area contributed by atoms with Crippen molar-refractivity contribution in [1.29, 1.82) is 0 Å². The molecule has 0 saturated heterocycles. The molecule has 2 aromatic carbocycles. The number of fused-ring (bicyclic) bond motifs is 1. The minimum atomic E-state index is -3.95.